The third-order valence-electron chi connectivity index (χ3n) is 8.25. The second-order valence-electron chi connectivity index (χ2n) is 11.5. The molecule has 0 aromatic heterocycles. The van der Waals surface area contributed by atoms with Crippen LogP contribution in [0, 0.1) is 6.42 Å². The van der Waals surface area contributed by atoms with Crippen LogP contribution in [0.1, 0.15) is 45.4 Å². The van der Waals surface area contributed by atoms with Crippen molar-refractivity contribution < 1.29 is 71.5 Å². The van der Waals surface area contributed by atoms with E-state index in [1.54, 1.807) is 6.42 Å². The third-order valence-corrected chi connectivity index (χ3v) is 8.25. The van der Waals surface area contributed by atoms with E-state index < -0.39 is 91.7 Å². The van der Waals surface area contributed by atoms with Gasteiger partial charge >= 0.3 is 0 Å². The zero-order valence-corrected chi connectivity index (χ0v) is 24.0. The van der Waals surface area contributed by atoms with E-state index in [1.165, 1.54) is 19.3 Å². The van der Waals surface area contributed by atoms with Crippen molar-refractivity contribution in [1.82, 2.24) is 0 Å². The number of quaternary nitrogens is 3. The number of unbranched alkanes of at least 4 members (excludes halogenated alkanes) is 5. The summed E-state index contributed by atoms with van der Waals surface area (Å²) in [7, 11) is 0. The van der Waals surface area contributed by atoms with Gasteiger partial charge in [0, 0.05) is 6.61 Å². The number of ether oxygens (including phenoxy) is 5. The lowest BCUT2D eigenvalue weighted by Gasteiger charge is -2.44. The van der Waals surface area contributed by atoms with Crippen molar-refractivity contribution in [1.29, 1.82) is 0 Å². The SMILES string of the molecule is CCCCCCCCOC[C@H]1OC(O[C@@H]2C(N)[CH+]C([NH3+])C(O[C@H]3OC(C[NH3+])[C@@H](O)[C@H](O)C3O)[C@@H]2O)[C@H](O)[C@H]([NH3+])C1O. The Morgan fingerprint density at radius 2 is 1.34 bits per heavy atom. The first-order chi connectivity index (χ1) is 19.5. The molecule has 3 fully saturated rings. The normalized spacial score (nSPS) is 45.4. The molecule has 15 atom stereocenters. The van der Waals surface area contributed by atoms with Crippen molar-refractivity contribution in [3.8, 4) is 0 Å². The topological polar surface area (TPSA) is 276 Å². The maximum absolute atomic E-state index is 11.2. The van der Waals surface area contributed by atoms with E-state index in [4.69, 9.17) is 29.4 Å². The zero-order valence-electron chi connectivity index (χ0n) is 24.0. The van der Waals surface area contributed by atoms with Crippen LogP contribution in [0.5, 0.6) is 0 Å². The monoisotopic (exact) mass is 598 g/mol. The molecule has 1 aliphatic carbocycles. The minimum atomic E-state index is -1.60. The quantitative estimate of drug-likeness (QED) is 0.0660. The van der Waals surface area contributed by atoms with E-state index in [1.807, 2.05) is 0 Å². The van der Waals surface area contributed by atoms with Crippen LogP contribution in [0.4, 0.5) is 0 Å². The van der Waals surface area contributed by atoms with E-state index in [0.717, 1.165) is 19.3 Å². The molecule has 1 saturated carbocycles. The van der Waals surface area contributed by atoms with Gasteiger partial charge in [-0.1, -0.05) is 39.0 Å². The van der Waals surface area contributed by atoms with E-state index in [9.17, 15) is 30.6 Å². The molecular weight excluding hydrogens is 544 g/mol. The van der Waals surface area contributed by atoms with E-state index >= 15 is 0 Å². The van der Waals surface area contributed by atoms with Crippen molar-refractivity contribution in [3.63, 3.8) is 0 Å². The minimum absolute atomic E-state index is 0.0748. The number of hydrogen-bond donors (Lipinski definition) is 10. The summed E-state index contributed by atoms with van der Waals surface area (Å²) in [6.45, 7) is 2.86. The highest BCUT2D eigenvalue weighted by Crippen LogP contribution is 2.30. The highest BCUT2D eigenvalue weighted by atomic mass is 16.7. The van der Waals surface area contributed by atoms with Gasteiger partial charge in [0.2, 0.25) is 6.04 Å². The molecule has 0 radical (unpaired) electrons. The van der Waals surface area contributed by atoms with Crippen molar-refractivity contribution in [3.05, 3.63) is 6.42 Å². The van der Waals surface area contributed by atoms with Crippen LogP contribution in [0.2, 0.25) is 0 Å². The average Bonchev–Trinajstić information content (AvgIpc) is 2.95. The largest absolute Gasteiger partial charge is 0.387 e. The fourth-order valence-electron chi connectivity index (χ4n) is 5.55. The first kappa shape index (κ1) is 34.8. The lowest BCUT2D eigenvalue weighted by atomic mass is 9.84. The summed E-state index contributed by atoms with van der Waals surface area (Å²) in [5.74, 6) is 0. The van der Waals surface area contributed by atoms with Crippen molar-refractivity contribution in [2.24, 2.45) is 5.73 Å². The van der Waals surface area contributed by atoms with Crippen LogP contribution >= 0.6 is 0 Å². The van der Waals surface area contributed by atoms with Crippen LogP contribution in [-0.4, -0.2) is 142 Å². The van der Waals surface area contributed by atoms with Crippen LogP contribution in [0.25, 0.3) is 0 Å². The van der Waals surface area contributed by atoms with Gasteiger partial charge in [0.15, 0.2) is 37.3 Å². The Balaban J connectivity index is 1.59. The highest BCUT2D eigenvalue weighted by Gasteiger charge is 2.57. The predicted octanol–water partition coefficient (Wildman–Crippen LogP) is -6.24. The Morgan fingerprint density at radius 3 is 2.02 bits per heavy atom. The van der Waals surface area contributed by atoms with Crippen molar-refractivity contribution in [2.75, 3.05) is 19.8 Å². The summed E-state index contributed by atoms with van der Waals surface area (Å²) in [6.07, 6.45) is -6.68. The summed E-state index contributed by atoms with van der Waals surface area (Å²) >= 11 is 0. The Hall–Kier alpha value is -0.730. The second kappa shape index (κ2) is 16.4. The smallest absolute Gasteiger partial charge is 0.247 e. The van der Waals surface area contributed by atoms with Crippen molar-refractivity contribution in [2.45, 2.75) is 137 Å². The molecule has 0 aromatic carbocycles. The molecule has 0 aromatic rings. The van der Waals surface area contributed by atoms with Crippen molar-refractivity contribution >= 4 is 0 Å². The molecule has 17 N–H and O–H groups in total. The Bertz CT molecular complexity index is 758. The van der Waals surface area contributed by atoms with Gasteiger partial charge in [-0.15, -0.1) is 0 Å². The molecule has 7 unspecified atom stereocenters. The third kappa shape index (κ3) is 8.68. The molecular formula is C26H54N4O11+4. The number of nitrogens with two attached hydrogens (primary N) is 1. The molecule has 3 aliphatic rings. The summed E-state index contributed by atoms with van der Waals surface area (Å²) in [5, 5.41) is 63.4. The van der Waals surface area contributed by atoms with Crippen LogP contribution in [0.15, 0.2) is 0 Å². The van der Waals surface area contributed by atoms with E-state index in [2.05, 4.69) is 24.1 Å². The van der Waals surface area contributed by atoms with Crippen LogP contribution < -0.4 is 22.9 Å². The van der Waals surface area contributed by atoms with Crippen LogP contribution in [0.3, 0.4) is 0 Å². The molecule has 15 heteroatoms. The minimum Gasteiger partial charge on any atom is -0.387 e. The Kier molecular flexibility index (Phi) is 13.9. The lowest BCUT2D eigenvalue weighted by Crippen LogP contribution is -2.80. The molecule has 240 valence electrons. The van der Waals surface area contributed by atoms with Crippen LogP contribution in [-0.2, 0) is 23.7 Å². The molecule has 2 heterocycles. The Labute approximate surface area is 241 Å². The Morgan fingerprint density at radius 1 is 0.732 bits per heavy atom. The molecule has 0 bridgehead atoms. The fourth-order valence-corrected chi connectivity index (χ4v) is 5.55. The maximum atomic E-state index is 11.2. The summed E-state index contributed by atoms with van der Waals surface area (Å²) in [4.78, 5) is 0. The number of aliphatic hydroxyl groups is 6. The number of rotatable bonds is 14. The molecule has 0 amide bonds. The van der Waals surface area contributed by atoms with Gasteiger partial charge in [-0.25, -0.2) is 0 Å². The summed E-state index contributed by atoms with van der Waals surface area (Å²) < 4.78 is 29.0. The molecule has 2 aliphatic heterocycles. The number of hydrogen-bond acceptors (Lipinski definition) is 12. The van der Waals surface area contributed by atoms with Gasteiger partial charge in [-0.3, -0.25) is 5.73 Å². The van der Waals surface area contributed by atoms with Gasteiger partial charge in [-0.2, -0.15) is 0 Å². The maximum Gasteiger partial charge on any atom is 0.247 e. The molecule has 0 spiro atoms. The standard InChI is InChI=1S/C26H51N4O11/c1-2-3-4-5-6-7-8-37-11-15-17(31)16(30)19(33)25(39-15)40-23-12(28)9-13(29)24(22(23)36)41-26-21(35)20(34)18(32)14(10-27)38-26/h9,12-26,31-36H,2-8,10-11,27-30H2,1H3/q+1/p+3/t12?,13?,14?,15-,16-,17?,18-,19-,20+,21?,22-,23-,24?,25?,26-/m1/s1. The highest BCUT2D eigenvalue weighted by molar-refractivity contribution is 5.07. The lowest BCUT2D eigenvalue weighted by molar-refractivity contribution is -0.493. The molecule has 41 heavy (non-hydrogen) atoms. The summed E-state index contributed by atoms with van der Waals surface area (Å²) in [6, 6.07) is -2.36. The van der Waals surface area contributed by atoms with E-state index in [0.29, 0.717) is 6.61 Å². The first-order valence-corrected chi connectivity index (χ1v) is 14.9. The molecule has 2 saturated heterocycles. The predicted molar refractivity (Wildman–Crippen MR) is 141 cm³/mol. The van der Waals surface area contributed by atoms with Gasteiger partial charge in [-0.05, 0) is 6.42 Å². The average molecular weight is 599 g/mol. The zero-order chi connectivity index (χ0) is 30.3. The van der Waals surface area contributed by atoms with Gasteiger partial charge < -0.3 is 71.5 Å². The fraction of sp³-hybridized carbons (Fsp3) is 0.962. The van der Waals surface area contributed by atoms with Gasteiger partial charge in [0.25, 0.3) is 0 Å². The first-order valence-electron chi connectivity index (χ1n) is 14.9. The molecule has 15 nitrogen and oxygen atoms in total. The summed E-state index contributed by atoms with van der Waals surface area (Å²) in [5.41, 5.74) is 17.8. The molecule has 3 rings (SSSR count). The number of aliphatic hydroxyl groups excluding tert-OH is 6. The second-order valence-corrected chi connectivity index (χ2v) is 11.5. The van der Waals surface area contributed by atoms with Gasteiger partial charge in [0.05, 0.1) is 6.61 Å². The van der Waals surface area contributed by atoms with Gasteiger partial charge in [0.1, 0.15) is 61.4 Å². The van der Waals surface area contributed by atoms with E-state index in [-0.39, 0.29) is 13.2 Å².